The molecular weight excluding hydrogens is 468 g/mol. The van der Waals surface area contributed by atoms with Gasteiger partial charge in [-0.2, -0.15) is 0 Å². The molecule has 0 spiro atoms. The second-order valence-electron chi connectivity index (χ2n) is 8.98. The van der Waals surface area contributed by atoms with Crippen LogP contribution in [0.1, 0.15) is 38.5 Å². The molecule has 3 aromatic rings. The fraction of sp³-hybridized carbons (Fsp3) is 0.333. The van der Waals surface area contributed by atoms with E-state index in [0.29, 0.717) is 11.1 Å². The summed E-state index contributed by atoms with van der Waals surface area (Å²) in [6.45, 7) is 4.18. The van der Waals surface area contributed by atoms with Gasteiger partial charge < -0.3 is 34.3 Å². The molecule has 0 saturated heterocycles. The van der Waals surface area contributed by atoms with E-state index in [9.17, 15) is 30.0 Å². The average molecular weight is 497 g/mol. The molecular formula is C27H28O9. The number of rotatable bonds is 6. The van der Waals surface area contributed by atoms with E-state index in [0.717, 1.165) is 6.07 Å². The van der Waals surface area contributed by atoms with Crippen molar-refractivity contribution in [2.45, 2.75) is 51.9 Å². The number of allylic oxidation sites excluding steroid dienone is 1. The van der Waals surface area contributed by atoms with Gasteiger partial charge in [-0.05, 0) is 38.5 Å². The zero-order valence-corrected chi connectivity index (χ0v) is 20.2. The topological polar surface area (TPSA) is 147 Å². The maximum absolute atomic E-state index is 13.0. The number of ether oxygens (including phenoxy) is 2. The normalized spacial score (nSPS) is 19.6. The van der Waals surface area contributed by atoms with E-state index in [1.807, 2.05) is 0 Å². The van der Waals surface area contributed by atoms with Crippen molar-refractivity contribution in [1.29, 1.82) is 0 Å². The number of aliphatic hydroxyl groups excluding tert-OH is 2. The van der Waals surface area contributed by atoms with E-state index < -0.39 is 35.5 Å². The molecule has 0 saturated carbocycles. The van der Waals surface area contributed by atoms with Crippen LogP contribution in [0.2, 0.25) is 0 Å². The number of benzene rings is 2. The van der Waals surface area contributed by atoms with Crippen molar-refractivity contribution >= 4 is 16.9 Å². The van der Waals surface area contributed by atoms with Crippen molar-refractivity contribution in [1.82, 2.24) is 0 Å². The van der Waals surface area contributed by atoms with Crippen LogP contribution in [-0.2, 0) is 22.6 Å². The maximum atomic E-state index is 13.0. The Labute approximate surface area is 206 Å². The molecule has 2 aromatic carbocycles. The molecule has 1 aliphatic rings. The van der Waals surface area contributed by atoms with Gasteiger partial charge in [0.25, 0.3) is 0 Å². The van der Waals surface area contributed by atoms with E-state index >= 15 is 0 Å². The predicted molar refractivity (Wildman–Crippen MR) is 131 cm³/mol. The van der Waals surface area contributed by atoms with E-state index in [1.54, 1.807) is 39.0 Å². The largest absolute Gasteiger partial charge is 0.508 e. The van der Waals surface area contributed by atoms with Gasteiger partial charge in [-0.3, -0.25) is 4.79 Å². The fourth-order valence-electron chi connectivity index (χ4n) is 4.40. The molecule has 2 atom stereocenters. The van der Waals surface area contributed by atoms with Crippen molar-refractivity contribution in [2.24, 2.45) is 0 Å². The van der Waals surface area contributed by atoms with Crippen molar-refractivity contribution < 1.29 is 39.1 Å². The SMILES string of the molecule is CC=C(C)C(=O)OC1Cc2c(c(-c3cccc(O)c3)c3oc(CO)cc(=O)c3c2O)OC1(C)CCO. The zero-order chi connectivity index (χ0) is 26.2. The van der Waals surface area contributed by atoms with E-state index in [1.165, 1.54) is 12.1 Å². The Morgan fingerprint density at radius 1 is 1.25 bits per heavy atom. The minimum atomic E-state index is -1.20. The van der Waals surface area contributed by atoms with Crippen molar-refractivity contribution in [3.8, 4) is 28.4 Å². The van der Waals surface area contributed by atoms with E-state index in [2.05, 4.69) is 0 Å². The third-order valence-corrected chi connectivity index (χ3v) is 6.56. The van der Waals surface area contributed by atoms with Crippen molar-refractivity contribution in [3.63, 3.8) is 0 Å². The van der Waals surface area contributed by atoms with Gasteiger partial charge in [0.1, 0.15) is 46.7 Å². The van der Waals surface area contributed by atoms with Crippen molar-refractivity contribution in [2.75, 3.05) is 6.61 Å². The molecule has 0 aliphatic carbocycles. The minimum Gasteiger partial charge on any atom is -0.508 e. The number of carbonyl (C=O) groups excluding carboxylic acids is 1. The Kier molecular flexibility index (Phi) is 6.79. The summed E-state index contributed by atoms with van der Waals surface area (Å²) >= 11 is 0. The van der Waals surface area contributed by atoms with E-state index in [-0.39, 0.29) is 58.8 Å². The highest BCUT2D eigenvalue weighted by Gasteiger charge is 2.46. The maximum Gasteiger partial charge on any atom is 0.333 e. The first kappa shape index (κ1) is 25.3. The Bertz CT molecular complexity index is 1420. The quantitative estimate of drug-likeness (QED) is 0.298. The van der Waals surface area contributed by atoms with Crippen LogP contribution >= 0.6 is 0 Å². The molecule has 1 aromatic heterocycles. The van der Waals surface area contributed by atoms with Gasteiger partial charge in [0, 0.05) is 36.7 Å². The smallest absolute Gasteiger partial charge is 0.333 e. The molecule has 0 amide bonds. The van der Waals surface area contributed by atoms with Crippen LogP contribution in [0.4, 0.5) is 0 Å². The number of phenolic OH excluding ortho intramolecular Hbond substituents is 2. The lowest BCUT2D eigenvalue weighted by Crippen LogP contribution is -2.52. The lowest BCUT2D eigenvalue weighted by molar-refractivity contribution is -0.159. The lowest BCUT2D eigenvalue weighted by Gasteiger charge is -2.42. The van der Waals surface area contributed by atoms with Crippen LogP contribution in [0.25, 0.3) is 22.1 Å². The monoisotopic (exact) mass is 496 g/mol. The first-order valence-corrected chi connectivity index (χ1v) is 11.5. The summed E-state index contributed by atoms with van der Waals surface area (Å²) in [5, 5.41) is 40.6. The summed E-state index contributed by atoms with van der Waals surface area (Å²) in [6.07, 6.45) is 0.795. The van der Waals surface area contributed by atoms with Gasteiger partial charge in [-0.15, -0.1) is 0 Å². The van der Waals surface area contributed by atoms with Gasteiger partial charge in [0.2, 0.25) is 0 Å². The highest BCUT2D eigenvalue weighted by Crippen LogP contribution is 2.50. The van der Waals surface area contributed by atoms with E-state index in [4.69, 9.17) is 13.9 Å². The summed E-state index contributed by atoms with van der Waals surface area (Å²) < 4.78 is 17.9. The molecule has 0 fully saturated rings. The molecule has 0 radical (unpaired) electrons. The van der Waals surface area contributed by atoms with Gasteiger partial charge in [0.05, 0.1) is 5.56 Å². The molecule has 9 heteroatoms. The fourth-order valence-corrected chi connectivity index (χ4v) is 4.40. The lowest BCUT2D eigenvalue weighted by atomic mass is 9.84. The number of fused-ring (bicyclic) bond motifs is 2. The number of esters is 1. The molecule has 190 valence electrons. The van der Waals surface area contributed by atoms with Crippen LogP contribution in [0.3, 0.4) is 0 Å². The third-order valence-electron chi connectivity index (χ3n) is 6.56. The highest BCUT2D eigenvalue weighted by molar-refractivity contribution is 6.01. The van der Waals surface area contributed by atoms with Crippen LogP contribution in [0.5, 0.6) is 17.2 Å². The molecule has 2 heterocycles. The first-order chi connectivity index (χ1) is 17.1. The Hall–Kier alpha value is -3.82. The summed E-state index contributed by atoms with van der Waals surface area (Å²) in [6, 6.07) is 7.29. The van der Waals surface area contributed by atoms with Gasteiger partial charge in [0.15, 0.2) is 11.0 Å². The Balaban J connectivity index is 2.04. The molecule has 4 N–H and O–H groups in total. The average Bonchev–Trinajstić information content (AvgIpc) is 2.84. The van der Waals surface area contributed by atoms with Crippen LogP contribution in [0.15, 0.2) is 51.2 Å². The summed E-state index contributed by atoms with van der Waals surface area (Å²) in [5.41, 5.74) is -0.500. The Morgan fingerprint density at radius 2 is 2.00 bits per heavy atom. The number of phenols is 2. The van der Waals surface area contributed by atoms with Gasteiger partial charge in [-0.1, -0.05) is 18.2 Å². The number of carbonyl (C=O) groups is 1. The van der Waals surface area contributed by atoms with Gasteiger partial charge >= 0.3 is 5.97 Å². The second-order valence-corrected chi connectivity index (χ2v) is 8.98. The van der Waals surface area contributed by atoms with Crippen LogP contribution in [-0.4, -0.2) is 44.7 Å². The highest BCUT2D eigenvalue weighted by atomic mass is 16.6. The zero-order valence-electron chi connectivity index (χ0n) is 20.2. The second kappa shape index (κ2) is 9.67. The number of aliphatic hydroxyl groups is 2. The molecule has 2 unspecified atom stereocenters. The van der Waals surface area contributed by atoms with Crippen LogP contribution < -0.4 is 10.2 Å². The summed E-state index contributed by atoms with van der Waals surface area (Å²) in [4.78, 5) is 25.6. The number of hydrogen-bond acceptors (Lipinski definition) is 9. The number of hydrogen-bond donors (Lipinski definition) is 4. The standard InChI is InChI=1S/C27H28O9/c1-4-14(2)26(33)35-20-12-18-23(32)22-19(31)11-17(13-29)34-25(22)21(15-6-5-7-16(30)10-15)24(18)36-27(20,3)8-9-28/h4-7,10-11,20,28-30,32H,8-9,12-13H2,1-3H3. The van der Waals surface area contributed by atoms with Crippen LogP contribution in [0, 0.1) is 0 Å². The summed E-state index contributed by atoms with van der Waals surface area (Å²) in [7, 11) is 0. The third kappa shape index (κ3) is 4.31. The summed E-state index contributed by atoms with van der Waals surface area (Å²) in [5.74, 6) is -0.868. The van der Waals surface area contributed by atoms with Crippen molar-refractivity contribution in [3.05, 3.63) is 63.5 Å². The molecule has 4 rings (SSSR count). The minimum absolute atomic E-state index is 0.0106. The number of aromatic hydroxyl groups is 2. The molecule has 9 nitrogen and oxygen atoms in total. The molecule has 0 bridgehead atoms. The van der Waals surface area contributed by atoms with Gasteiger partial charge in [-0.25, -0.2) is 4.79 Å². The first-order valence-electron chi connectivity index (χ1n) is 11.5. The molecule has 36 heavy (non-hydrogen) atoms. The predicted octanol–water partition coefficient (Wildman–Crippen LogP) is 3.32. The Morgan fingerprint density at radius 3 is 2.64 bits per heavy atom. The molecule has 1 aliphatic heterocycles.